The highest BCUT2D eigenvalue weighted by molar-refractivity contribution is 7.93. The summed E-state index contributed by atoms with van der Waals surface area (Å²) in [6.45, 7) is 9.08. The summed E-state index contributed by atoms with van der Waals surface area (Å²) in [5.41, 5.74) is 3.36. The maximum Gasteiger partial charge on any atom is 0.266 e. The van der Waals surface area contributed by atoms with Crippen LogP contribution in [0, 0.1) is 20.8 Å². The average Bonchev–Trinajstić information content (AvgIpc) is 3.18. The lowest BCUT2D eigenvalue weighted by molar-refractivity contribution is 0.0654. The Morgan fingerprint density at radius 3 is 2.46 bits per heavy atom. The Balaban J connectivity index is 1.36. The van der Waals surface area contributed by atoms with Crippen LogP contribution in [0.25, 0.3) is 6.08 Å². The number of nitrogens with one attached hydrogen (secondary N) is 1. The zero-order chi connectivity index (χ0) is 25.0. The summed E-state index contributed by atoms with van der Waals surface area (Å²) in [6.07, 6.45) is 4.26. The molecule has 9 heteroatoms. The van der Waals surface area contributed by atoms with Crippen molar-refractivity contribution in [2.75, 3.05) is 37.4 Å². The summed E-state index contributed by atoms with van der Waals surface area (Å²) in [5, 5.41) is 0.204. The number of rotatable bonds is 7. The third kappa shape index (κ3) is 6.17. The van der Waals surface area contributed by atoms with Crippen molar-refractivity contribution in [2.45, 2.75) is 25.7 Å². The lowest BCUT2D eigenvalue weighted by atomic mass is 10.2. The zero-order valence-corrected chi connectivity index (χ0v) is 21.8. The van der Waals surface area contributed by atoms with Gasteiger partial charge in [0.05, 0.1) is 10.6 Å². The van der Waals surface area contributed by atoms with Gasteiger partial charge in [-0.15, -0.1) is 0 Å². The fraction of sp³-hybridized carbons (Fsp3) is 0.308. The summed E-state index contributed by atoms with van der Waals surface area (Å²) < 4.78 is 28.3. The summed E-state index contributed by atoms with van der Waals surface area (Å²) in [4.78, 5) is 22.3. The number of aryl methyl sites for hydroxylation is 3. The fourth-order valence-corrected chi connectivity index (χ4v) is 6.49. The normalized spacial score (nSPS) is 15.0. The van der Waals surface area contributed by atoms with E-state index < -0.39 is 10.0 Å². The molecule has 1 aliphatic heterocycles. The number of nitrogens with zero attached hydrogens (tertiary/aromatic N) is 3. The van der Waals surface area contributed by atoms with Crippen LogP contribution in [0.1, 0.15) is 32.1 Å². The number of piperazine rings is 1. The highest BCUT2D eigenvalue weighted by Crippen LogP contribution is 2.27. The van der Waals surface area contributed by atoms with Crippen LogP contribution in [-0.4, -0.2) is 61.8 Å². The monoisotopic (exact) mass is 510 g/mol. The standard InChI is InChI=1S/C26H30N4O3S2/c1-19-11-12-23(20(2)18-19)35(32,33)28-26-27-21(3)24(34-26)25(31)30-16-14-29(15-17-30)13-7-10-22-8-5-4-6-9-22/h4-12,18H,13-17H2,1-3H3,(H,27,28)/b10-7+. The molecule has 1 amide bonds. The average molecular weight is 511 g/mol. The molecule has 1 aromatic heterocycles. The molecule has 35 heavy (non-hydrogen) atoms. The maximum atomic E-state index is 13.2. The lowest BCUT2D eigenvalue weighted by Crippen LogP contribution is -2.48. The van der Waals surface area contributed by atoms with Gasteiger partial charge in [0, 0.05) is 32.7 Å². The Labute approximate surface area is 211 Å². The predicted octanol–water partition coefficient (Wildman–Crippen LogP) is 4.34. The van der Waals surface area contributed by atoms with Crippen LogP contribution in [0.5, 0.6) is 0 Å². The fourth-order valence-electron chi connectivity index (χ4n) is 4.09. The van der Waals surface area contributed by atoms with E-state index in [0.717, 1.165) is 36.5 Å². The number of benzene rings is 2. The minimum Gasteiger partial charge on any atom is -0.335 e. The van der Waals surface area contributed by atoms with Gasteiger partial charge in [0.15, 0.2) is 5.13 Å². The van der Waals surface area contributed by atoms with Gasteiger partial charge in [-0.2, -0.15) is 0 Å². The van der Waals surface area contributed by atoms with Gasteiger partial charge in [0.1, 0.15) is 4.88 Å². The van der Waals surface area contributed by atoms with E-state index in [9.17, 15) is 13.2 Å². The molecule has 4 rings (SSSR count). The Hall–Kier alpha value is -3.01. The quantitative estimate of drug-likeness (QED) is 0.511. The number of hydrogen-bond donors (Lipinski definition) is 1. The number of thiazole rings is 1. The molecular formula is C26H30N4O3S2. The van der Waals surface area contributed by atoms with E-state index in [2.05, 4.69) is 38.9 Å². The molecule has 2 heterocycles. The highest BCUT2D eigenvalue weighted by atomic mass is 32.2. The van der Waals surface area contributed by atoms with Gasteiger partial charge in [0.25, 0.3) is 15.9 Å². The van der Waals surface area contributed by atoms with Gasteiger partial charge >= 0.3 is 0 Å². The van der Waals surface area contributed by atoms with Crippen molar-refractivity contribution in [2.24, 2.45) is 0 Å². The second-order valence-electron chi connectivity index (χ2n) is 8.71. The minimum absolute atomic E-state index is 0.101. The van der Waals surface area contributed by atoms with Crippen molar-refractivity contribution >= 4 is 38.5 Å². The van der Waals surface area contributed by atoms with E-state index in [1.807, 2.05) is 36.1 Å². The van der Waals surface area contributed by atoms with Crippen molar-refractivity contribution in [1.29, 1.82) is 0 Å². The number of aromatic nitrogens is 1. The van der Waals surface area contributed by atoms with E-state index in [0.29, 0.717) is 29.2 Å². The van der Waals surface area contributed by atoms with Gasteiger partial charge < -0.3 is 4.90 Å². The maximum absolute atomic E-state index is 13.2. The second kappa shape index (κ2) is 10.7. The molecule has 1 aliphatic rings. The predicted molar refractivity (Wildman–Crippen MR) is 141 cm³/mol. The van der Waals surface area contributed by atoms with E-state index in [4.69, 9.17) is 0 Å². The molecule has 2 aromatic carbocycles. The number of carbonyl (C=O) groups is 1. The Morgan fingerprint density at radius 2 is 1.77 bits per heavy atom. The van der Waals surface area contributed by atoms with Crippen LogP contribution >= 0.6 is 11.3 Å². The molecule has 3 aromatic rings. The molecule has 0 bridgehead atoms. The van der Waals surface area contributed by atoms with Gasteiger partial charge in [-0.05, 0) is 38.0 Å². The SMILES string of the molecule is Cc1ccc(S(=O)(=O)Nc2nc(C)c(C(=O)N3CCN(C/C=C/c4ccccc4)CC3)s2)c(C)c1. The van der Waals surface area contributed by atoms with E-state index >= 15 is 0 Å². The van der Waals surface area contributed by atoms with Crippen LogP contribution < -0.4 is 4.72 Å². The first-order valence-corrected chi connectivity index (χ1v) is 13.8. The molecule has 7 nitrogen and oxygen atoms in total. The van der Waals surface area contributed by atoms with Crippen LogP contribution in [0.2, 0.25) is 0 Å². The van der Waals surface area contributed by atoms with Crippen molar-refractivity contribution in [3.63, 3.8) is 0 Å². The van der Waals surface area contributed by atoms with Crippen LogP contribution in [0.3, 0.4) is 0 Å². The number of hydrogen-bond acceptors (Lipinski definition) is 6. The summed E-state index contributed by atoms with van der Waals surface area (Å²) in [7, 11) is -3.79. The van der Waals surface area contributed by atoms with Crippen LogP contribution in [-0.2, 0) is 10.0 Å². The first-order chi connectivity index (χ1) is 16.7. The Bertz CT molecular complexity index is 1330. The van der Waals surface area contributed by atoms with Gasteiger partial charge in [-0.3, -0.25) is 14.4 Å². The Morgan fingerprint density at radius 1 is 1.06 bits per heavy atom. The third-order valence-electron chi connectivity index (χ3n) is 5.97. The molecule has 0 aliphatic carbocycles. The van der Waals surface area contributed by atoms with E-state index in [1.165, 1.54) is 5.56 Å². The largest absolute Gasteiger partial charge is 0.335 e. The lowest BCUT2D eigenvalue weighted by Gasteiger charge is -2.34. The minimum atomic E-state index is -3.79. The molecule has 1 saturated heterocycles. The summed E-state index contributed by atoms with van der Waals surface area (Å²) in [5.74, 6) is -0.101. The van der Waals surface area contributed by atoms with E-state index in [-0.39, 0.29) is 15.9 Å². The molecule has 0 spiro atoms. The first-order valence-electron chi connectivity index (χ1n) is 11.5. The topological polar surface area (TPSA) is 82.6 Å². The molecule has 1 N–H and O–H groups in total. The molecule has 1 fully saturated rings. The van der Waals surface area contributed by atoms with Gasteiger partial charge in [0.2, 0.25) is 0 Å². The second-order valence-corrected chi connectivity index (χ2v) is 11.4. The van der Waals surface area contributed by atoms with Crippen LogP contribution in [0.4, 0.5) is 5.13 Å². The smallest absolute Gasteiger partial charge is 0.266 e. The summed E-state index contributed by atoms with van der Waals surface area (Å²) >= 11 is 1.09. The molecule has 0 atom stereocenters. The number of sulfonamides is 1. The first kappa shape index (κ1) is 25.1. The van der Waals surface area contributed by atoms with E-state index in [1.54, 1.807) is 26.0 Å². The molecular weight excluding hydrogens is 480 g/mol. The molecule has 0 unspecified atom stereocenters. The molecule has 0 saturated carbocycles. The highest BCUT2D eigenvalue weighted by Gasteiger charge is 2.26. The van der Waals surface area contributed by atoms with Crippen molar-refractivity contribution in [3.8, 4) is 0 Å². The molecule has 184 valence electrons. The third-order valence-corrected chi connectivity index (χ3v) is 8.65. The van der Waals surface area contributed by atoms with Crippen molar-refractivity contribution in [3.05, 3.63) is 81.9 Å². The van der Waals surface area contributed by atoms with Crippen molar-refractivity contribution in [1.82, 2.24) is 14.8 Å². The number of anilines is 1. The summed E-state index contributed by atoms with van der Waals surface area (Å²) in [6, 6.07) is 15.4. The number of amides is 1. The van der Waals surface area contributed by atoms with Crippen LogP contribution in [0.15, 0.2) is 59.5 Å². The van der Waals surface area contributed by atoms with Crippen molar-refractivity contribution < 1.29 is 13.2 Å². The Kier molecular flexibility index (Phi) is 7.69. The zero-order valence-electron chi connectivity index (χ0n) is 20.2. The van der Waals surface area contributed by atoms with Gasteiger partial charge in [-0.25, -0.2) is 13.4 Å². The van der Waals surface area contributed by atoms with Gasteiger partial charge in [-0.1, -0.05) is 71.5 Å². The number of carbonyl (C=O) groups excluding carboxylic acids is 1. The molecule has 0 radical (unpaired) electrons.